The Labute approximate surface area is 213 Å². The van der Waals surface area contributed by atoms with Gasteiger partial charge in [0.15, 0.2) is 0 Å². The molecule has 0 atom stereocenters. The van der Waals surface area contributed by atoms with E-state index in [1.165, 1.54) is 33.9 Å². The molecule has 2 aliphatic carbocycles. The van der Waals surface area contributed by atoms with E-state index in [-0.39, 0.29) is 22.5 Å². The third-order valence-electron chi connectivity index (χ3n) is 9.16. The van der Waals surface area contributed by atoms with Crippen molar-refractivity contribution in [1.82, 2.24) is 9.80 Å². The van der Waals surface area contributed by atoms with Crippen molar-refractivity contribution in [3.05, 3.63) is 113 Å². The number of hydrogen-bond acceptors (Lipinski definition) is 2. The number of fused-ring (bicyclic) bond motifs is 3. The van der Waals surface area contributed by atoms with Crippen molar-refractivity contribution in [3.63, 3.8) is 0 Å². The van der Waals surface area contributed by atoms with Gasteiger partial charge in [-0.15, -0.1) is 0 Å². The van der Waals surface area contributed by atoms with Gasteiger partial charge >= 0.3 is 0 Å². The zero-order valence-electron chi connectivity index (χ0n) is 21.1. The summed E-state index contributed by atoms with van der Waals surface area (Å²) in [6, 6.07) is 25.9. The third-order valence-corrected chi connectivity index (χ3v) is 9.16. The number of halogens is 1. The SMILES string of the molecule is CN(C)C1(c2ccccc2)CCC2(CC1)C1=C(CCN2C(=O)c2ccccc2F)c2ccccc2C1. The minimum Gasteiger partial charge on any atom is -0.329 e. The number of carbonyl (C=O) groups is 1. The molecule has 0 unspecified atom stereocenters. The summed E-state index contributed by atoms with van der Waals surface area (Å²) >= 11 is 0. The smallest absolute Gasteiger partial charge is 0.257 e. The molecular formula is C32H33FN2O. The lowest BCUT2D eigenvalue weighted by atomic mass is 9.63. The van der Waals surface area contributed by atoms with Crippen molar-refractivity contribution in [3.8, 4) is 0 Å². The van der Waals surface area contributed by atoms with Crippen LogP contribution in [0, 0.1) is 5.82 Å². The standard InChI is InChI=1S/C32H33FN2O/c1-34(2)31(24-11-4-3-5-12-24)17-19-32(20-18-31)28-22-23-10-6-7-13-25(23)26(28)16-21-35(32)30(36)27-14-8-9-15-29(27)33/h3-15H,16-22H2,1-2H3. The molecule has 1 spiro atoms. The van der Waals surface area contributed by atoms with Gasteiger partial charge in [0.2, 0.25) is 0 Å². The Morgan fingerprint density at radius 1 is 0.861 bits per heavy atom. The van der Waals surface area contributed by atoms with Crippen LogP contribution in [0.5, 0.6) is 0 Å². The van der Waals surface area contributed by atoms with Crippen molar-refractivity contribution in [2.75, 3.05) is 20.6 Å². The maximum atomic E-state index is 14.8. The predicted molar refractivity (Wildman–Crippen MR) is 142 cm³/mol. The summed E-state index contributed by atoms with van der Waals surface area (Å²) in [7, 11) is 4.34. The molecule has 1 saturated carbocycles. The number of amides is 1. The van der Waals surface area contributed by atoms with Gasteiger partial charge in [-0.3, -0.25) is 9.69 Å². The molecule has 1 fully saturated rings. The van der Waals surface area contributed by atoms with Gasteiger partial charge in [-0.1, -0.05) is 66.7 Å². The summed E-state index contributed by atoms with van der Waals surface area (Å²) in [5, 5.41) is 0. The average Bonchev–Trinajstić information content (AvgIpc) is 3.30. The van der Waals surface area contributed by atoms with Crippen molar-refractivity contribution in [2.24, 2.45) is 0 Å². The fourth-order valence-corrected chi connectivity index (χ4v) is 7.23. The van der Waals surface area contributed by atoms with Gasteiger partial charge < -0.3 is 4.90 Å². The molecule has 3 aromatic carbocycles. The number of nitrogens with zero attached hydrogens (tertiary/aromatic N) is 2. The minimum atomic E-state index is -0.435. The van der Waals surface area contributed by atoms with Crippen molar-refractivity contribution in [1.29, 1.82) is 0 Å². The van der Waals surface area contributed by atoms with Gasteiger partial charge in [0.1, 0.15) is 5.82 Å². The molecule has 0 aromatic heterocycles. The van der Waals surface area contributed by atoms with E-state index in [1.54, 1.807) is 18.2 Å². The first-order valence-electron chi connectivity index (χ1n) is 13.1. The first-order valence-corrected chi connectivity index (χ1v) is 13.1. The summed E-state index contributed by atoms with van der Waals surface area (Å²) in [4.78, 5) is 18.4. The highest BCUT2D eigenvalue weighted by molar-refractivity contribution is 5.96. The van der Waals surface area contributed by atoms with Crippen LogP contribution in [-0.2, 0) is 12.0 Å². The van der Waals surface area contributed by atoms with Gasteiger partial charge in [0.25, 0.3) is 5.91 Å². The Morgan fingerprint density at radius 3 is 2.25 bits per heavy atom. The van der Waals surface area contributed by atoms with Gasteiger partial charge in [-0.25, -0.2) is 4.39 Å². The minimum absolute atomic E-state index is 0.0805. The highest BCUT2D eigenvalue weighted by Gasteiger charge is 2.54. The van der Waals surface area contributed by atoms with Crippen LogP contribution in [0.1, 0.15) is 59.2 Å². The fraction of sp³-hybridized carbons (Fsp3) is 0.344. The molecule has 0 N–H and O–H groups in total. The van der Waals surface area contributed by atoms with Crippen LogP contribution >= 0.6 is 0 Å². The lowest BCUT2D eigenvalue weighted by Crippen LogP contribution is -2.60. The quantitative estimate of drug-likeness (QED) is 0.430. The van der Waals surface area contributed by atoms with E-state index in [4.69, 9.17) is 0 Å². The Bertz CT molecular complexity index is 1340. The lowest BCUT2D eigenvalue weighted by Gasteiger charge is -2.56. The molecule has 184 valence electrons. The molecule has 0 radical (unpaired) electrons. The molecule has 1 amide bonds. The van der Waals surface area contributed by atoms with Crippen molar-refractivity contribution >= 4 is 11.5 Å². The fourth-order valence-electron chi connectivity index (χ4n) is 7.23. The predicted octanol–water partition coefficient (Wildman–Crippen LogP) is 6.45. The molecule has 3 aliphatic rings. The molecule has 3 aromatic rings. The Balaban J connectivity index is 1.44. The van der Waals surface area contributed by atoms with E-state index in [1.807, 2.05) is 4.90 Å². The van der Waals surface area contributed by atoms with Crippen LogP contribution < -0.4 is 0 Å². The molecule has 36 heavy (non-hydrogen) atoms. The van der Waals surface area contributed by atoms with E-state index in [2.05, 4.69) is 73.6 Å². The number of carbonyl (C=O) groups excluding carboxylic acids is 1. The molecule has 4 heteroatoms. The van der Waals surface area contributed by atoms with Crippen LogP contribution in [-0.4, -0.2) is 41.9 Å². The summed E-state index contributed by atoms with van der Waals surface area (Å²) in [5.41, 5.74) is 6.55. The summed E-state index contributed by atoms with van der Waals surface area (Å²) < 4.78 is 14.8. The summed E-state index contributed by atoms with van der Waals surface area (Å²) in [6.07, 6.45) is 5.33. The zero-order valence-corrected chi connectivity index (χ0v) is 21.1. The number of benzene rings is 3. The molecule has 0 saturated heterocycles. The second kappa shape index (κ2) is 8.70. The van der Waals surface area contributed by atoms with Crippen LogP contribution in [0.3, 0.4) is 0 Å². The summed E-state index contributed by atoms with van der Waals surface area (Å²) in [5.74, 6) is -0.609. The Morgan fingerprint density at radius 2 is 1.53 bits per heavy atom. The van der Waals surface area contributed by atoms with Gasteiger partial charge in [-0.05, 0) is 92.6 Å². The van der Waals surface area contributed by atoms with E-state index in [0.717, 1.165) is 38.5 Å². The third kappa shape index (κ3) is 3.38. The average molecular weight is 481 g/mol. The van der Waals surface area contributed by atoms with Crippen molar-refractivity contribution < 1.29 is 9.18 Å². The van der Waals surface area contributed by atoms with Gasteiger partial charge in [0, 0.05) is 12.1 Å². The molecule has 1 heterocycles. The number of hydrogen-bond donors (Lipinski definition) is 0. The van der Waals surface area contributed by atoms with Crippen LogP contribution in [0.15, 0.2) is 84.4 Å². The lowest BCUT2D eigenvalue weighted by molar-refractivity contribution is 0.00700. The number of rotatable bonds is 3. The maximum absolute atomic E-state index is 14.8. The van der Waals surface area contributed by atoms with E-state index in [9.17, 15) is 9.18 Å². The topological polar surface area (TPSA) is 23.6 Å². The highest BCUT2D eigenvalue weighted by Crippen LogP contribution is 2.55. The first-order chi connectivity index (χ1) is 17.5. The van der Waals surface area contributed by atoms with Crippen LogP contribution in [0.2, 0.25) is 0 Å². The summed E-state index contributed by atoms with van der Waals surface area (Å²) in [6.45, 7) is 0.626. The van der Waals surface area contributed by atoms with E-state index in [0.29, 0.717) is 6.54 Å². The van der Waals surface area contributed by atoms with Crippen molar-refractivity contribution in [2.45, 2.75) is 49.6 Å². The van der Waals surface area contributed by atoms with Crippen LogP contribution in [0.25, 0.3) is 5.57 Å². The molecule has 1 aliphatic heterocycles. The van der Waals surface area contributed by atoms with E-state index < -0.39 is 5.82 Å². The normalized spacial score (nSPS) is 25.3. The first kappa shape index (κ1) is 23.2. The van der Waals surface area contributed by atoms with Crippen LogP contribution in [0.4, 0.5) is 4.39 Å². The zero-order chi connectivity index (χ0) is 24.9. The highest BCUT2D eigenvalue weighted by atomic mass is 19.1. The molecule has 3 nitrogen and oxygen atoms in total. The second-order valence-electron chi connectivity index (χ2n) is 10.8. The maximum Gasteiger partial charge on any atom is 0.257 e. The molecule has 0 bridgehead atoms. The molecular weight excluding hydrogens is 447 g/mol. The monoisotopic (exact) mass is 480 g/mol. The van der Waals surface area contributed by atoms with Gasteiger partial charge in [0.05, 0.1) is 11.1 Å². The second-order valence-corrected chi connectivity index (χ2v) is 10.8. The van der Waals surface area contributed by atoms with Gasteiger partial charge in [-0.2, -0.15) is 0 Å². The Hall–Kier alpha value is -3.24. The Kier molecular flexibility index (Phi) is 5.60. The van der Waals surface area contributed by atoms with E-state index >= 15 is 0 Å². The molecule has 6 rings (SSSR count). The largest absolute Gasteiger partial charge is 0.329 e.